The van der Waals surface area contributed by atoms with Gasteiger partial charge in [-0.1, -0.05) is 0 Å². The van der Waals surface area contributed by atoms with Gasteiger partial charge >= 0.3 is 0 Å². The summed E-state index contributed by atoms with van der Waals surface area (Å²) in [5.74, 6) is 1.11. The molecule has 0 aliphatic heterocycles. The number of benzene rings is 1. The molecule has 0 saturated carbocycles. The first-order chi connectivity index (χ1) is 11.2. The van der Waals surface area contributed by atoms with Gasteiger partial charge in [-0.3, -0.25) is 4.79 Å². The summed E-state index contributed by atoms with van der Waals surface area (Å²) >= 11 is 0. The van der Waals surface area contributed by atoms with Gasteiger partial charge in [0.15, 0.2) is 0 Å². The topological polar surface area (TPSA) is 67.3 Å². The van der Waals surface area contributed by atoms with Crippen LogP contribution in [0.1, 0.15) is 31.3 Å². The fraction of sp³-hybridized carbons (Fsp3) is 0.353. The Morgan fingerprint density at radius 1 is 1.13 bits per heavy atom. The molecule has 0 saturated heterocycles. The number of carbonyl (C=O) groups excluding carboxylic acids is 1. The first kappa shape index (κ1) is 16.7. The van der Waals surface area contributed by atoms with Crippen LogP contribution < -0.4 is 10.1 Å². The maximum Gasteiger partial charge on any atom is 0.272 e. The molecule has 2 rings (SSSR count). The highest BCUT2D eigenvalue weighted by molar-refractivity contribution is 5.92. The van der Waals surface area contributed by atoms with Gasteiger partial charge in [0.25, 0.3) is 5.91 Å². The lowest BCUT2D eigenvalue weighted by Crippen LogP contribution is -2.31. The van der Waals surface area contributed by atoms with Crippen molar-refractivity contribution in [1.82, 2.24) is 14.9 Å². The smallest absolute Gasteiger partial charge is 0.272 e. The van der Waals surface area contributed by atoms with E-state index in [1.54, 1.807) is 17.2 Å². The van der Waals surface area contributed by atoms with Gasteiger partial charge < -0.3 is 15.0 Å². The summed E-state index contributed by atoms with van der Waals surface area (Å²) in [6.45, 7) is 7.77. The zero-order chi connectivity index (χ0) is 16.7. The molecule has 122 valence electrons. The van der Waals surface area contributed by atoms with Crippen LogP contribution in [0.5, 0.6) is 5.75 Å². The summed E-state index contributed by atoms with van der Waals surface area (Å²) < 4.78 is 5.40. The van der Waals surface area contributed by atoms with Gasteiger partial charge in [-0.2, -0.15) is 0 Å². The maximum atomic E-state index is 12.3. The van der Waals surface area contributed by atoms with Gasteiger partial charge in [0.05, 0.1) is 6.61 Å². The molecule has 1 aromatic carbocycles. The van der Waals surface area contributed by atoms with Crippen LogP contribution in [0.2, 0.25) is 0 Å². The second-order valence-electron chi connectivity index (χ2n) is 4.83. The average Bonchev–Trinajstić information content (AvgIpc) is 2.58. The molecule has 23 heavy (non-hydrogen) atoms. The molecular weight excluding hydrogens is 292 g/mol. The molecular formula is C17H22N4O2. The lowest BCUT2D eigenvalue weighted by atomic mass is 10.3. The number of carbonyl (C=O) groups is 1. The molecule has 1 aromatic heterocycles. The molecule has 0 aliphatic rings. The zero-order valence-corrected chi connectivity index (χ0v) is 13.7. The van der Waals surface area contributed by atoms with Crippen molar-refractivity contribution in [3.8, 4) is 5.75 Å². The molecule has 0 atom stereocenters. The van der Waals surface area contributed by atoms with Crippen LogP contribution >= 0.6 is 0 Å². The minimum atomic E-state index is -0.0906. The molecule has 1 heterocycles. The van der Waals surface area contributed by atoms with Crippen LogP contribution in [0.4, 0.5) is 11.6 Å². The Bertz CT molecular complexity index is 639. The van der Waals surface area contributed by atoms with Crippen molar-refractivity contribution in [3.05, 3.63) is 42.2 Å². The van der Waals surface area contributed by atoms with E-state index in [-0.39, 0.29) is 5.91 Å². The van der Waals surface area contributed by atoms with Crippen molar-refractivity contribution < 1.29 is 9.53 Å². The van der Waals surface area contributed by atoms with Gasteiger partial charge in [-0.15, -0.1) is 0 Å². The van der Waals surface area contributed by atoms with Crippen LogP contribution in [0.15, 0.2) is 36.5 Å². The molecule has 0 unspecified atom stereocenters. The van der Waals surface area contributed by atoms with Gasteiger partial charge in [0, 0.05) is 25.0 Å². The summed E-state index contributed by atoms with van der Waals surface area (Å²) in [5, 5.41) is 3.09. The first-order valence-electron chi connectivity index (χ1n) is 7.80. The van der Waals surface area contributed by atoms with Gasteiger partial charge in [0.1, 0.15) is 11.4 Å². The fourth-order valence-corrected chi connectivity index (χ4v) is 2.14. The molecule has 0 radical (unpaired) electrons. The Morgan fingerprint density at radius 3 is 2.43 bits per heavy atom. The van der Waals surface area contributed by atoms with Crippen molar-refractivity contribution in [1.29, 1.82) is 0 Å². The number of nitrogens with zero attached hydrogens (tertiary/aromatic N) is 3. The quantitative estimate of drug-likeness (QED) is 0.850. The van der Waals surface area contributed by atoms with Crippen molar-refractivity contribution in [2.45, 2.75) is 20.8 Å². The molecule has 0 aliphatic carbocycles. The fourth-order valence-electron chi connectivity index (χ4n) is 2.14. The highest BCUT2D eigenvalue weighted by Crippen LogP contribution is 2.18. The van der Waals surface area contributed by atoms with Gasteiger partial charge in [-0.05, 0) is 51.1 Å². The second kappa shape index (κ2) is 8.12. The van der Waals surface area contributed by atoms with Crippen LogP contribution in [0, 0.1) is 0 Å². The predicted molar refractivity (Wildman–Crippen MR) is 90.2 cm³/mol. The molecule has 0 bridgehead atoms. The van der Waals surface area contributed by atoms with E-state index >= 15 is 0 Å². The van der Waals surface area contributed by atoms with Crippen molar-refractivity contribution in [2.24, 2.45) is 0 Å². The van der Waals surface area contributed by atoms with Gasteiger partial charge in [0.2, 0.25) is 5.95 Å². The number of aromatic nitrogens is 2. The molecule has 6 heteroatoms. The number of rotatable bonds is 7. The minimum Gasteiger partial charge on any atom is -0.494 e. The number of amides is 1. The normalized spacial score (nSPS) is 10.2. The highest BCUT2D eigenvalue weighted by Gasteiger charge is 2.14. The summed E-state index contributed by atoms with van der Waals surface area (Å²) in [6.07, 6.45) is 1.58. The number of hydrogen-bond donors (Lipinski definition) is 1. The van der Waals surface area contributed by atoms with E-state index in [4.69, 9.17) is 4.74 Å². The Balaban J connectivity index is 2.12. The third-order valence-corrected chi connectivity index (χ3v) is 3.35. The highest BCUT2D eigenvalue weighted by atomic mass is 16.5. The van der Waals surface area contributed by atoms with E-state index in [9.17, 15) is 4.79 Å². The summed E-state index contributed by atoms with van der Waals surface area (Å²) in [6, 6.07) is 9.14. The van der Waals surface area contributed by atoms with E-state index in [2.05, 4.69) is 15.3 Å². The molecule has 2 aromatic rings. The monoisotopic (exact) mass is 314 g/mol. The maximum absolute atomic E-state index is 12.3. The summed E-state index contributed by atoms with van der Waals surface area (Å²) in [7, 11) is 0. The zero-order valence-electron chi connectivity index (χ0n) is 13.7. The number of hydrogen-bond acceptors (Lipinski definition) is 5. The number of nitrogens with one attached hydrogen (secondary N) is 1. The third kappa shape index (κ3) is 4.42. The van der Waals surface area contributed by atoms with E-state index in [0.29, 0.717) is 31.3 Å². The summed E-state index contributed by atoms with van der Waals surface area (Å²) in [4.78, 5) is 22.5. The average molecular weight is 314 g/mol. The Kier molecular flexibility index (Phi) is 5.91. The molecule has 0 spiro atoms. The minimum absolute atomic E-state index is 0.0906. The number of ether oxygens (including phenoxy) is 1. The van der Waals surface area contributed by atoms with Crippen molar-refractivity contribution >= 4 is 17.5 Å². The van der Waals surface area contributed by atoms with Crippen LogP contribution in [-0.4, -0.2) is 40.5 Å². The predicted octanol–water partition coefficient (Wildman–Crippen LogP) is 3.10. The standard InChI is InChI=1S/C17H22N4O2/c1-4-21(5-2)16(22)15-11-12-18-17(20-15)19-13-7-9-14(10-8-13)23-6-3/h7-12H,4-6H2,1-3H3,(H,18,19,20). The lowest BCUT2D eigenvalue weighted by Gasteiger charge is -2.18. The van der Waals surface area contributed by atoms with Crippen molar-refractivity contribution in [3.63, 3.8) is 0 Å². The third-order valence-electron chi connectivity index (χ3n) is 3.35. The Hall–Kier alpha value is -2.63. The van der Waals surface area contributed by atoms with E-state index < -0.39 is 0 Å². The largest absolute Gasteiger partial charge is 0.494 e. The molecule has 1 N–H and O–H groups in total. The second-order valence-corrected chi connectivity index (χ2v) is 4.83. The van der Waals surface area contributed by atoms with E-state index in [1.807, 2.05) is 45.0 Å². The molecule has 0 fully saturated rings. The first-order valence-corrected chi connectivity index (χ1v) is 7.80. The van der Waals surface area contributed by atoms with E-state index in [1.165, 1.54) is 0 Å². The van der Waals surface area contributed by atoms with Crippen molar-refractivity contribution in [2.75, 3.05) is 25.0 Å². The van der Waals surface area contributed by atoms with E-state index in [0.717, 1.165) is 11.4 Å². The molecule has 6 nitrogen and oxygen atoms in total. The van der Waals surface area contributed by atoms with Crippen LogP contribution in [0.3, 0.4) is 0 Å². The lowest BCUT2D eigenvalue weighted by molar-refractivity contribution is 0.0767. The number of anilines is 2. The molecule has 1 amide bonds. The SMILES string of the molecule is CCOc1ccc(Nc2nccc(C(=O)N(CC)CC)n2)cc1. The Morgan fingerprint density at radius 2 is 1.83 bits per heavy atom. The Labute approximate surface area is 136 Å². The van der Waals surface area contributed by atoms with Gasteiger partial charge in [-0.25, -0.2) is 9.97 Å². The van der Waals surface area contributed by atoms with Crippen LogP contribution in [-0.2, 0) is 0 Å². The van der Waals surface area contributed by atoms with Crippen LogP contribution in [0.25, 0.3) is 0 Å². The summed E-state index contributed by atoms with van der Waals surface area (Å²) in [5.41, 5.74) is 1.22.